The van der Waals surface area contributed by atoms with Crippen LogP contribution in [0.2, 0.25) is 0 Å². The number of aromatic hydroxyl groups is 2. The molecule has 19 heavy (non-hydrogen) atoms. The summed E-state index contributed by atoms with van der Waals surface area (Å²) in [6.45, 7) is 0.973. The summed E-state index contributed by atoms with van der Waals surface area (Å²) in [6.07, 6.45) is 0. The second-order valence-electron chi connectivity index (χ2n) is 4.11. The molecule has 2 aromatic rings. The van der Waals surface area contributed by atoms with Crippen LogP contribution in [-0.2, 0) is 28.9 Å². The number of para-hydroxylation sites is 2. The molecule has 2 aromatic carbocycles. The smallest absolute Gasteiger partial charge is 0.504 e. The summed E-state index contributed by atoms with van der Waals surface area (Å²) in [5.41, 5.74) is 1.24. The summed E-state index contributed by atoms with van der Waals surface area (Å²) in [7, 11) is 4.11. The maximum Gasteiger partial charge on any atom is 1.00 e. The van der Waals surface area contributed by atoms with Crippen LogP contribution in [0.1, 0.15) is 5.56 Å². The van der Waals surface area contributed by atoms with Gasteiger partial charge in [-0.15, -0.1) is 5.56 Å². The van der Waals surface area contributed by atoms with Gasteiger partial charge < -0.3 is 15.1 Å². The van der Waals surface area contributed by atoms with Crippen molar-refractivity contribution in [1.82, 2.24) is 4.90 Å². The summed E-state index contributed by atoms with van der Waals surface area (Å²) in [4.78, 5) is 2.13. The molecule has 0 spiro atoms. The molecule has 0 fully saturated rings. The molecule has 0 heterocycles. The monoisotopic (exact) mass is 441 g/mol. The minimum Gasteiger partial charge on any atom is -0.504 e. The SMILES string of the molecule is CN(C)Cc1[c-]cccc1.Oc1ccccc1O.[Au+]. The van der Waals surface area contributed by atoms with Crippen LogP contribution in [0, 0.1) is 6.07 Å². The van der Waals surface area contributed by atoms with E-state index >= 15 is 0 Å². The Morgan fingerprint density at radius 1 is 0.947 bits per heavy atom. The quantitative estimate of drug-likeness (QED) is 0.428. The second kappa shape index (κ2) is 9.64. The van der Waals surface area contributed by atoms with Crippen LogP contribution in [0.3, 0.4) is 0 Å². The van der Waals surface area contributed by atoms with Crippen LogP contribution in [0.5, 0.6) is 11.5 Å². The van der Waals surface area contributed by atoms with E-state index in [0.717, 1.165) is 6.54 Å². The van der Waals surface area contributed by atoms with Crippen LogP contribution in [-0.4, -0.2) is 29.2 Å². The first-order valence-electron chi connectivity index (χ1n) is 5.67. The molecule has 0 aliphatic heterocycles. The minimum atomic E-state index is -0.0764. The fraction of sp³-hybridized carbons (Fsp3) is 0.200. The summed E-state index contributed by atoms with van der Waals surface area (Å²) in [6, 6.07) is 17.4. The third-order valence-corrected chi connectivity index (χ3v) is 2.14. The van der Waals surface area contributed by atoms with Gasteiger partial charge in [-0.2, -0.15) is 30.3 Å². The Kier molecular flexibility index (Phi) is 9.00. The van der Waals surface area contributed by atoms with Crippen molar-refractivity contribution in [2.24, 2.45) is 0 Å². The van der Waals surface area contributed by atoms with Gasteiger partial charge in [0.2, 0.25) is 0 Å². The van der Waals surface area contributed by atoms with E-state index in [-0.39, 0.29) is 33.9 Å². The first-order chi connectivity index (χ1) is 8.59. The van der Waals surface area contributed by atoms with Crippen molar-refractivity contribution in [2.75, 3.05) is 14.1 Å². The number of nitrogens with zero attached hydrogens (tertiary/aromatic N) is 1. The van der Waals surface area contributed by atoms with Crippen LogP contribution in [0.4, 0.5) is 0 Å². The molecule has 0 aromatic heterocycles. The number of phenolic OH excluding ortho intramolecular Hbond substituents is 2. The molecule has 0 radical (unpaired) electrons. The molecule has 0 bridgehead atoms. The average molecular weight is 441 g/mol. The predicted molar refractivity (Wildman–Crippen MR) is 72.4 cm³/mol. The van der Waals surface area contributed by atoms with E-state index in [9.17, 15) is 0 Å². The van der Waals surface area contributed by atoms with Crippen molar-refractivity contribution in [1.29, 1.82) is 0 Å². The summed E-state index contributed by atoms with van der Waals surface area (Å²) < 4.78 is 0. The molecule has 106 valence electrons. The molecular weight excluding hydrogens is 423 g/mol. The van der Waals surface area contributed by atoms with E-state index in [1.54, 1.807) is 12.1 Å². The van der Waals surface area contributed by atoms with Gasteiger partial charge >= 0.3 is 22.4 Å². The third kappa shape index (κ3) is 7.70. The van der Waals surface area contributed by atoms with E-state index in [1.807, 2.05) is 18.2 Å². The molecule has 0 atom stereocenters. The normalized spacial score (nSPS) is 9.21. The molecular formula is C15H18AuNO2. The fourth-order valence-corrected chi connectivity index (χ4v) is 1.33. The first-order valence-corrected chi connectivity index (χ1v) is 5.67. The van der Waals surface area contributed by atoms with Crippen LogP contribution in [0.25, 0.3) is 0 Å². The summed E-state index contributed by atoms with van der Waals surface area (Å²) >= 11 is 0. The van der Waals surface area contributed by atoms with Crippen molar-refractivity contribution < 1.29 is 32.6 Å². The molecule has 4 heteroatoms. The van der Waals surface area contributed by atoms with Gasteiger partial charge in [0.15, 0.2) is 11.5 Å². The van der Waals surface area contributed by atoms with Crippen molar-refractivity contribution in [3.8, 4) is 11.5 Å². The zero-order valence-electron chi connectivity index (χ0n) is 11.0. The molecule has 3 nitrogen and oxygen atoms in total. The van der Waals surface area contributed by atoms with E-state index < -0.39 is 0 Å². The zero-order chi connectivity index (χ0) is 13.4. The Labute approximate surface area is 130 Å². The molecule has 0 saturated carbocycles. The van der Waals surface area contributed by atoms with Crippen molar-refractivity contribution in [2.45, 2.75) is 6.54 Å². The van der Waals surface area contributed by atoms with Crippen molar-refractivity contribution in [3.63, 3.8) is 0 Å². The standard InChI is InChI=1S/C9H12N.C6H6O2.Au/c1-10(2)8-9-6-4-3-5-7-9;7-5-3-1-2-4-6(5)8;/h3-6H,8H2,1-2H3;1-4,7-8H;/q-1;;+1. The predicted octanol–water partition coefficient (Wildman–Crippen LogP) is 2.64. The molecule has 0 saturated heterocycles. The molecule has 0 unspecified atom stereocenters. The molecule has 0 amide bonds. The number of hydrogen-bond donors (Lipinski definition) is 2. The number of hydrogen-bond acceptors (Lipinski definition) is 3. The Balaban J connectivity index is 0.000000331. The summed E-state index contributed by atoms with van der Waals surface area (Å²) in [5, 5.41) is 17.3. The van der Waals surface area contributed by atoms with Crippen LogP contribution >= 0.6 is 0 Å². The van der Waals surface area contributed by atoms with E-state index in [0.29, 0.717) is 0 Å². The van der Waals surface area contributed by atoms with Gasteiger partial charge in [-0.3, -0.25) is 0 Å². The largest absolute Gasteiger partial charge is 1.00 e. The molecule has 0 aliphatic carbocycles. The van der Waals surface area contributed by atoms with Crippen LogP contribution < -0.4 is 0 Å². The van der Waals surface area contributed by atoms with E-state index in [1.165, 1.54) is 17.7 Å². The van der Waals surface area contributed by atoms with Gasteiger partial charge in [-0.1, -0.05) is 12.1 Å². The van der Waals surface area contributed by atoms with Gasteiger partial charge in [0, 0.05) is 6.54 Å². The molecule has 2 N–H and O–H groups in total. The van der Waals surface area contributed by atoms with Gasteiger partial charge in [-0.05, 0) is 26.2 Å². The zero-order valence-corrected chi connectivity index (χ0v) is 13.1. The van der Waals surface area contributed by atoms with E-state index in [2.05, 4.69) is 31.1 Å². The van der Waals surface area contributed by atoms with Crippen molar-refractivity contribution >= 4 is 0 Å². The maximum absolute atomic E-state index is 8.67. The Hall–Kier alpha value is -1.26. The minimum absolute atomic E-state index is 0. The third-order valence-electron chi connectivity index (χ3n) is 2.14. The summed E-state index contributed by atoms with van der Waals surface area (Å²) in [5.74, 6) is -0.153. The van der Waals surface area contributed by atoms with Gasteiger partial charge in [0.25, 0.3) is 0 Å². The van der Waals surface area contributed by atoms with E-state index in [4.69, 9.17) is 10.2 Å². The van der Waals surface area contributed by atoms with Gasteiger partial charge in [-0.25, -0.2) is 0 Å². The Morgan fingerprint density at radius 2 is 1.47 bits per heavy atom. The molecule has 2 rings (SSSR count). The molecule has 0 aliphatic rings. The first kappa shape index (κ1) is 17.7. The maximum atomic E-state index is 8.67. The topological polar surface area (TPSA) is 43.7 Å². The van der Waals surface area contributed by atoms with Crippen molar-refractivity contribution in [3.05, 3.63) is 60.2 Å². The number of benzene rings is 2. The Morgan fingerprint density at radius 3 is 1.84 bits per heavy atom. The average Bonchev–Trinajstić information content (AvgIpc) is 2.34. The second-order valence-corrected chi connectivity index (χ2v) is 4.11. The fourth-order valence-electron chi connectivity index (χ4n) is 1.33. The Bertz CT molecular complexity index is 440. The van der Waals surface area contributed by atoms with Gasteiger partial charge in [0.05, 0.1) is 0 Å². The van der Waals surface area contributed by atoms with Gasteiger partial charge in [0.1, 0.15) is 0 Å². The van der Waals surface area contributed by atoms with Crippen LogP contribution in [0.15, 0.2) is 48.5 Å². The number of phenols is 2. The number of rotatable bonds is 2.